The first-order valence-corrected chi connectivity index (χ1v) is 14.1. The smallest absolute Gasteiger partial charge is 0.225 e. The summed E-state index contributed by atoms with van der Waals surface area (Å²) in [6.07, 6.45) is 9.17. The molecule has 9 nitrogen and oxygen atoms in total. The first-order chi connectivity index (χ1) is 16.8. The molecule has 0 radical (unpaired) electrons. The highest BCUT2D eigenvalue weighted by molar-refractivity contribution is 7.91. The third-order valence-electron chi connectivity index (χ3n) is 7.17. The van der Waals surface area contributed by atoms with Crippen molar-refractivity contribution in [3.63, 3.8) is 0 Å². The van der Waals surface area contributed by atoms with Crippen LogP contribution >= 0.6 is 0 Å². The number of aliphatic hydroxyl groups excluding tert-OH is 1. The lowest BCUT2D eigenvalue weighted by molar-refractivity contribution is -0.138. The second kappa shape index (κ2) is 9.58. The van der Waals surface area contributed by atoms with Gasteiger partial charge in [-0.1, -0.05) is 6.07 Å². The van der Waals surface area contributed by atoms with Crippen LogP contribution in [0.2, 0.25) is 0 Å². The molecular weight excluding hydrogens is 466 g/mol. The number of fused-ring (bicyclic) bond motifs is 1. The molecule has 10 heteroatoms. The Hall–Kier alpha value is -2.98. The summed E-state index contributed by atoms with van der Waals surface area (Å²) in [6, 6.07) is 9.01. The van der Waals surface area contributed by atoms with E-state index in [9.17, 15) is 18.3 Å². The predicted molar refractivity (Wildman–Crippen MR) is 133 cm³/mol. The van der Waals surface area contributed by atoms with Crippen molar-refractivity contribution in [3.05, 3.63) is 42.7 Å². The van der Waals surface area contributed by atoms with Crippen molar-refractivity contribution < 1.29 is 18.3 Å². The van der Waals surface area contributed by atoms with Gasteiger partial charge >= 0.3 is 0 Å². The van der Waals surface area contributed by atoms with Crippen molar-refractivity contribution in [1.29, 1.82) is 0 Å². The highest BCUT2D eigenvalue weighted by Gasteiger charge is 2.31. The molecule has 0 spiro atoms. The van der Waals surface area contributed by atoms with E-state index in [1.165, 1.54) is 6.26 Å². The van der Waals surface area contributed by atoms with E-state index < -0.39 is 9.84 Å². The zero-order chi connectivity index (χ0) is 24.6. The van der Waals surface area contributed by atoms with Crippen LogP contribution in [-0.4, -0.2) is 70.4 Å². The first kappa shape index (κ1) is 23.7. The normalized spacial score (nSPS) is 21.8. The Morgan fingerprint density at radius 2 is 1.80 bits per heavy atom. The highest BCUT2D eigenvalue weighted by atomic mass is 32.2. The Morgan fingerprint density at radius 3 is 2.51 bits per heavy atom. The van der Waals surface area contributed by atoms with E-state index in [2.05, 4.69) is 15.3 Å². The first-order valence-electron chi connectivity index (χ1n) is 12.2. The quantitative estimate of drug-likeness (QED) is 0.557. The maximum Gasteiger partial charge on any atom is 0.225 e. The zero-order valence-electron chi connectivity index (χ0n) is 19.8. The van der Waals surface area contributed by atoms with Crippen molar-refractivity contribution in [1.82, 2.24) is 19.4 Å². The van der Waals surface area contributed by atoms with Crippen molar-refractivity contribution >= 4 is 32.6 Å². The van der Waals surface area contributed by atoms with Gasteiger partial charge in [0.1, 0.15) is 5.82 Å². The summed E-state index contributed by atoms with van der Waals surface area (Å²) >= 11 is 0. The second-order valence-corrected chi connectivity index (χ2v) is 11.6. The van der Waals surface area contributed by atoms with Crippen molar-refractivity contribution in [2.75, 3.05) is 24.7 Å². The minimum Gasteiger partial charge on any atom is -0.393 e. The number of nitrogens with one attached hydrogen (secondary N) is 1. The molecule has 1 aliphatic carbocycles. The number of piperidine rings is 1. The molecule has 2 fully saturated rings. The van der Waals surface area contributed by atoms with Crippen molar-refractivity contribution in [2.24, 2.45) is 5.92 Å². The van der Waals surface area contributed by atoms with E-state index in [-0.39, 0.29) is 24.0 Å². The number of rotatable bonds is 5. The summed E-state index contributed by atoms with van der Waals surface area (Å²) in [7, 11) is -3.34. The lowest BCUT2D eigenvalue weighted by Crippen LogP contribution is -2.44. The molecule has 1 saturated heterocycles. The fourth-order valence-corrected chi connectivity index (χ4v) is 6.12. The van der Waals surface area contributed by atoms with Crippen LogP contribution in [0.25, 0.3) is 16.7 Å². The van der Waals surface area contributed by atoms with E-state index in [1.54, 1.807) is 30.5 Å². The molecule has 2 N–H and O–H groups in total. The highest BCUT2D eigenvalue weighted by Crippen LogP contribution is 2.29. The number of benzene rings is 1. The number of aliphatic hydroxyl groups is 1. The van der Waals surface area contributed by atoms with Gasteiger partial charge < -0.3 is 19.9 Å². The molecule has 5 rings (SSSR count). The van der Waals surface area contributed by atoms with E-state index in [1.807, 2.05) is 21.7 Å². The lowest BCUT2D eigenvalue weighted by atomic mass is 9.85. The molecule has 2 aromatic heterocycles. The van der Waals surface area contributed by atoms with Crippen LogP contribution in [0.3, 0.4) is 0 Å². The number of hydrogen-bond donors (Lipinski definition) is 2. The molecular formula is C25H31N5O4S. The number of likely N-dealkylation sites (tertiary alicyclic amines) is 1. The summed E-state index contributed by atoms with van der Waals surface area (Å²) in [5.74, 6) is 1.44. The number of hydrogen-bond acceptors (Lipinski definition) is 7. The topological polar surface area (TPSA) is 117 Å². The maximum atomic E-state index is 12.9. The van der Waals surface area contributed by atoms with Gasteiger partial charge in [-0.05, 0) is 62.8 Å². The Labute approximate surface area is 205 Å². The van der Waals surface area contributed by atoms with Crippen LogP contribution in [0.5, 0.6) is 0 Å². The van der Waals surface area contributed by atoms with Crippen LogP contribution in [0.1, 0.15) is 38.5 Å². The Balaban J connectivity index is 1.25. The van der Waals surface area contributed by atoms with Gasteiger partial charge in [0, 0.05) is 49.1 Å². The molecule has 0 unspecified atom stereocenters. The van der Waals surface area contributed by atoms with E-state index in [0.29, 0.717) is 48.0 Å². The Kier molecular flexibility index (Phi) is 6.50. The van der Waals surface area contributed by atoms with E-state index >= 15 is 0 Å². The van der Waals surface area contributed by atoms with Gasteiger partial charge in [-0.15, -0.1) is 0 Å². The molecule has 3 aromatic rings. The summed E-state index contributed by atoms with van der Waals surface area (Å²) in [5, 5.41) is 13.8. The SMILES string of the molecule is CS(=O)(=O)c1cccc2c1ccn2-c1ccnc(N[C@H]2CC[C@H](C(=O)N3CCC(O)CC3)CC2)n1. The number of sulfone groups is 1. The maximum absolute atomic E-state index is 12.9. The summed E-state index contributed by atoms with van der Waals surface area (Å²) in [5.41, 5.74) is 0.766. The summed E-state index contributed by atoms with van der Waals surface area (Å²) in [6.45, 7) is 1.30. The molecule has 1 saturated carbocycles. The van der Waals surface area contributed by atoms with Gasteiger partial charge in [0.25, 0.3) is 0 Å². The number of aromatic nitrogens is 3. The Bertz CT molecular complexity index is 1320. The minimum absolute atomic E-state index is 0.0471. The summed E-state index contributed by atoms with van der Waals surface area (Å²) in [4.78, 5) is 24.1. The standard InChI is InChI=1S/C25H31N5O4S/c1-35(33,34)22-4-2-3-21-20(22)12-16-30(21)23-9-13-26-25(28-23)27-18-7-5-17(6-8-18)24(32)29-14-10-19(31)11-15-29/h2-4,9,12-13,16-19,31H,5-8,10-11,14-15H2,1H3,(H,26,27,28)/t17-,18-. The molecule has 35 heavy (non-hydrogen) atoms. The third-order valence-corrected chi connectivity index (χ3v) is 8.32. The fourth-order valence-electron chi connectivity index (χ4n) is 5.23. The van der Waals surface area contributed by atoms with E-state index in [0.717, 1.165) is 31.2 Å². The average molecular weight is 498 g/mol. The molecule has 0 atom stereocenters. The van der Waals surface area contributed by atoms with Crippen molar-refractivity contribution in [3.8, 4) is 5.82 Å². The van der Waals surface area contributed by atoms with Crippen LogP contribution in [-0.2, 0) is 14.6 Å². The van der Waals surface area contributed by atoms with Crippen molar-refractivity contribution in [2.45, 2.75) is 55.6 Å². The summed E-state index contributed by atoms with van der Waals surface area (Å²) < 4.78 is 26.2. The molecule has 1 aliphatic heterocycles. The van der Waals surface area contributed by atoms with Crippen LogP contribution in [0.15, 0.2) is 47.6 Å². The largest absolute Gasteiger partial charge is 0.393 e. The number of carbonyl (C=O) groups is 1. The second-order valence-electron chi connectivity index (χ2n) is 9.63. The molecule has 2 aliphatic rings. The number of carbonyl (C=O) groups excluding carboxylic acids is 1. The molecule has 186 valence electrons. The molecule has 0 bridgehead atoms. The van der Waals surface area contributed by atoms with Crippen LogP contribution in [0, 0.1) is 5.92 Å². The fraction of sp³-hybridized carbons (Fsp3) is 0.480. The molecule has 1 amide bonds. The minimum atomic E-state index is -3.34. The van der Waals surface area contributed by atoms with Crippen LogP contribution in [0.4, 0.5) is 5.95 Å². The Morgan fingerprint density at radius 1 is 1.06 bits per heavy atom. The van der Waals surface area contributed by atoms with Gasteiger partial charge in [-0.2, -0.15) is 4.98 Å². The van der Waals surface area contributed by atoms with Gasteiger partial charge in [0.15, 0.2) is 9.84 Å². The monoisotopic (exact) mass is 497 g/mol. The van der Waals surface area contributed by atoms with Crippen LogP contribution < -0.4 is 5.32 Å². The van der Waals surface area contributed by atoms with Gasteiger partial charge in [0.05, 0.1) is 16.5 Å². The lowest BCUT2D eigenvalue weighted by Gasteiger charge is -2.35. The number of amides is 1. The number of nitrogens with zero attached hydrogens (tertiary/aromatic N) is 4. The third kappa shape index (κ3) is 5.04. The van der Waals surface area contributed by atoms with Gasteiger partial charge in [0.2, 0.25) is 11.9 Å². The predicted octanol–water partition coefficient (Wildman–Crippen LogP) is 2.78. The molecule has 3 heterocycles. The zero-order valence-corrected chi connectivity index (χ0v) is 20.6. The van der Waals surface area contributed by atoms with Gasteiger partial charge in [-0.3, -0.25) is 4.79 Å². The van der Waals surface area contributed by atoms with Gasteiger partial charge in [-0.25, -0.2) is 13.4 Å². The molecule has 1 aromatic carbocycles. The van der Waals surface area contributed by atoms with E-state index in [4.69, 9.17) is 0 Å². The average Bonchev–Trinajstić information content (AvgIpc) is 3.28. The number of anilines is 1.